The first-order valence-electron chi connectivity index (χ1n) is 6.19. The Bertz CT molecular complexity index is 158. The largest absolute Gasteiger partial charge is 0.394 e. The zero-order chi connectivity index (χ0) is 11.9. The summed E-state index contributed by atoms with van der Waals surface area (Å²) in [6.07, 6.45) is 3.98. The molecule has 15 heavy (non-hydrogen) atoms. The Balaban J connectivity index is 3.79. The lowest BCUT2D eigenvalue weighted by Crippen LogP contribution is -2.39. The van der Waals surface area contributed by atoms with Gasteiger partial charge in [-0.3, -0.25) is 0 Å². The van der Waals surface area contributed by atoms with Gasteiger partial charge in [-0.2, -0.15) is 0 Å². The maximum Gasteiger partial charge on any atom is 0.331 e. The Morgan fingerprint density at radius 3 is 2.20 bits per heavy atom. The first-order chi connectivity index (χ1) is 6.87. The van der Waals surface area contributed by atoms with E-state index in [0.29, 0.717) is 12.0 Å². The normalized spacial score (nSPS) is 14.6. The van der Waals surface area contributed by atoms with Gasteiger partial charge in [-0.15, -0.1) is 0 Å². The predicted octanol–water partition coefficient (Wildman–Crippen LogP) is 3.96. The Morgan fingerprint density at radius 1 is 1.13 bits per heavy atom. The first kappa shape index (κ1) is 15.1. The van der Waals surface area contributed by atoms with Crippen molar-refractivity contribution in [3.8, 4) is 0 Å². The van der Waals surface area contributed by atoms with Crippen molar-refractivity contribution < 1.29 is 8.85 Å². The van der Waals surface area contributed by atoms with Gasteiger partial charge in [0.25, 0.3) is 0 Å². The molecule has 0 radical (unpaired) electrons. The molecular formula is C12H28O2Si. The van der Waals surface area contributed by atoms with Crippen LogP contribution in [0.1, 0.15) is 47.0 Å². The quantitative estimate of drug-likeness (QED) is 0.590. The number of rotatable bonds is 8. The summed E-state index contributed by atoms with van der Waals surface area (Å²) in [6.45, 7) is 13.8. The zero-order valence-corrected chi connectivity index (χ0v) is 12.3. The summed E-state index contributed by atoms with van der Waals surface area (Å²) < 4.78 is 11.9. The Kier molecular flexibility index (Phi) is 7.48. The molecule has 1 atom stereocenters. The van der Waals surface area contributed by atoms with Gasteiger partial charge < -0.3 is 8.85 Å². The van der Waals surface area contributed by atoms with Crippen molar-refractivity contribution in [1.29, 1.82) is 0 Å². The summed E-state index contributed by atoms with van der Waals surface area (Å²) in [5.74, 6) is 0.589. The number of unbranched alkanes of at least 4 members (excludes halogenated alkanes) is 1. The molecule has 0 N–H and O–H groups in total. The summed E-state index contributed by atoms with van der Waals surface area (Å²) in [4.78, 5) is 0. The zero-order valence-electron chi connectivity index (χ0n) is 11.3. The lowest BCUT2D eigenvalue weighted by molar-refractivity contribution is 0.115. The maximum atomic E-state index is 6.01. The molecule has 0 fully saturated rings. The van der Waals surface area contributed by atoms with Crippen molar-refractivity contribution in [1.82, 2.24) is 0 Å². The molecule has 92 valence electrons. The molecule has 0 aromatic carbocycles. The fourth-order valence-electron chi connectivity index (χ4n) is 1.44. The number of hydrogen-bond acceptors (Lipinski definition) is 2. The van der Waals surface area contributed by atoms with E-state index in [1.807, 2.05) is 0 Å². The molecule has 0 saturated heterocycles. The van der Waals surface area contributed by atoms with E-state index in [1.54, 1.807) is 0 Å². The van der Waals surface area contributed by atoms with Crippen molar-refractivity contribution in [3.63, 3.8) is 0 Å². The van der Waals surface area contributed by atoms with Crippen LogP contribution in [-0.2, 0) is 8.85 Å². The van der Waals surface area contributed by atoms with Crippen molar-refractivity contribution in [3.05, 3.63) is 0 Å². The third-order valence-electron chi connectivity index (χ3n) is 2.21. The van der Waals surface area contributed by atoms with Crippen LogP contribution >= 0.6 is 0 Å². The standard InChI is InChI=1S/C12H28O2Si/c1-7-8-9-12(4)14-15(5,6)13-10-11(2)3/h11-12H,7-10H2,1-6H3. The molecule has 0 heterocycles. The van der Waals surface area contributed by atoms with E-state index in [9.17, 15) is 0 Å². The third-order valence-corrected chi connectivity index (χ3v) is 4.05. The summed E-state index contributed by atoms with van der Waals surface area (Å²) in [7, 11) is -1.88. The highest BCUT2D eigenvalue weighted by molar-refractivity contribution is 6.64. The minimum absolute atomic E-state index is 0.346. The van der Waals surface area contributed by atoms with Crippen molar-refractivity contribution in [2.75, 3.05) is 6.61 Å². The molecule has 0 aliphatic heterocycles. The van der Waals surface area contributed by atoms with E-state index in [4.69, 9.17) is 8.85 Å². The molecule has 0 amide bonds. The molecule has 2 nitrogen and oxygen atoms in total. The van der Waals surface area contributed by atoms with Gasteiger partial charge in [-0.25, -0.2) is 0 Å². The molecule has 3 heteroatoms. The van der Waals surface area contributed by atoms with E-state index in [2.05, 4.69) is 40.8 Å². The second-order valence-corrected chi connectivity index (χ2v) is 8.50. The van der Waals surface area contributed by atoms with Crippen LogP contribution in [0.15, 0.2) is 0 Å². The second kappa shape index (κ2) is 7.42. The molecule has 0 rings (SSSR count). The molecule has 0 spiro atoms. The van der Waals surface area contributed by atoms with E-state index >= 15 is 0 Å². The molecule has 0 aliphatic rings. The fourth-order valence-corrected chi connectivity index (χ4v) is 3.33. The van der Waals surface area contributed by atoms with Crippen LogP contribution in [0.2, 0.25) is 13.1 Å². The van der Waals surface area contributed by atoms with Gasteiger partial charge >= 0.3 is 8.56 Å². The van der Waals surface area contributed by atoms with Gasteiger partial charge in [-0.1, -0.05) is 33.6 Å². The van der Waals surface area contributed by atoms with Crippen LogP contribution in [0, 0.1) is 5.92 Å². The van der Waals surface area contributed by atoms with E-state index in [0.717, 1.165) is 13.0 Å². The highest BCUT2D eigenvalue weighted by atomic mass is 28.4. The summed E-state index contributed by atoms with van der Waals surface area (Å²) in [5, 5.41) is 0. The van der Waals surface area contributed by atoms with Gasteiger partial charge in [-0.05, 0) is 32.4 Å². The van der Waals surface area contributed by atoms with Crippen LogP contribution in [0.5, 0.6) is 0 Å². The van der Waals surface area contributed by atoms with Crippen LogP contribution < -0.4 is 0 Å². The topological polar surface area (TPSA) is 18.5 Å². The molecule has 1 unspecified atom stereocenters. The average molecular weight is 232 g/mol. The monoisotopic (exact) mass is 232 g/mol. The summed E-state index contributed by atoms with van der Waals surface area (Å²) in [5.41, 5.74) is 0. The minimum atomic E-state index is -1.88. The highest BCUT2D eigenvalue weighted by Gasteiger charge is 2.27. The Labute approximate surface area is 96.6 Å². The second-order valence-electron chi connectivity index (χ2n) is 5.18. The van der Waals surface area contributed by atoms with Crippen molar-refractivity contribution in [2.45, 2.75) is 66.2 Å². The third kappa shape index (κ3) is 9.09. The van der Waals surface area contributed by atoms with Crippen LogP contribution in [-0.4, -0.2) is 21.3 Å². The maximum absolute atomic E-state index is 6.01. The molecule has 0 bridgehead atoms. The van der Waals surface area contributed by atoms with E-state index in [-0.39, 0.29) is 0 Å². The predicted molar refractivity (Wildman–Crippen MR) is 68.3 cm³/mol. The summed E-state index contributed by atoms with van der Waals surface area (Å²) >= 11 is 0. The minimum Gasteiger partial charge on any atom is -0.394 e. The molecule has 0 aromatic rings. The molecule has 0 aliphatic carbocycles. The average Bonchev–Trinajstić information content (AvgIpc) is 2.11. The fraction of sp³-hybridized carbons (Fsp3) is 1.00. The van der Waals surface area contributed by atoms with E-state index in [1.165, 1.54) is 12.8 Å². The first-order valence-corrected chi connectivity index (χ1v) is 9.00. The van der Waals surface area contributed by atoms with Gasteiger partial charge in [0.15, 0.2) is 0 Å². The lowest BCUT2D eigenvalue weighted by Gasteiger charge is -2.27. The lowest BCUT2D eigenvalue weighted by atomic mass is 10.2. The molecule has 0 saturated carbocycles. The van der Waals surface area contributed by atoms with Gasteiger partial charge in [0, 0.05) is 12.7 Å². The Hall–Kier alpha value is 0.137. The SMILES string of the molecule is CCCCC(C)O[Si](C)(C)OCC(C)C. The van der Waals surface area contributed by atoms with E-state index < -0.39 is 8.56 Å². The number of hydrogen-bond donors (Lipinski definition) is 0. The van der Waals surface area contributed by atoms with Crippen LogP contribution in [0.25, 0.3) is 0 Å². The Morgan fingerprint density at radius 2 is 1.73 bits per heavy atom. The smallest absolute Gasteiger partial charge is 0.331 e. The summed E-state index contributed by atoms with van der Waals surface area (Å²) in [6, 6.07) is 0. The van der Waals surface area contributed by atoms with Gasteiger partial charge in [0.1, 0.15) is 0 Å². The van der Waals surface area contributed by atoms with Crippen LogP contribution in [0.4, 0.5) is 0 Å². The molecule has 0 aromatic heterocycles. The van der Waals surface area contributed by atoms with Crippen molar-refractivity contribution >= 4 is 8.56 Å². The molecular weight excluding hydrogens is 204 g/mol. The van der Waals surface area contributed by atoms with Gasteiger partial charge in [0.05, 0.1) is 0 Å². The van der Waals surface area contributed by atoms with Gasteiger partial charge in [0.2, 0.25) is 0 Å². The van der Waals surface area contributed by atoms with Crippen LogP contribution in [0.3, 0.4) is 0 Å². The highest BCUT2D eigenvalue weighted by Crippen LogP contribution is 2.14. The van der Waals surface area contributed by atoms with Crippen molar-refractivity contribution in [2.24, 2.45) is 5.92 Å².